The maximum absolute atomic E-state index is 12.6. The second kappa shape index (κ2) is 9.11. The van der Waals surface area contributed by atoms with Gasteiger partial charge >= 0.3 is 0 Å². The number of sulfonamides is 1. The second-order valence-corrected chi connectivity index (χ2v) is 10.2. The van der Waals surface area contributed by atoms with E-state index in [2.05, 4.69) is 9.82 Å². The van der Waals surface area contributed by atoms with Gasteiger partial charge in [-0.25, -0.2) is 17.8 Å². The van der Waals surface area contributed by atoms with Gasteiger partial charge in [-0.3, -0.25) is 4.79 Å². The number of rotatable bonds is 7. The third-order valence-electron chi connectivity index (χ3n) is 5.21. The molecule has 1 fully saturated rings. The average molecular weight is 445 g/mol. The zero-order chi connectivity index (χ0) is 21.0. The summed E-state index contributed by atoms with van der Waals surface area (Å²) in [6.07, 6.45) is 6.06. The number of nitrogens with zero attached hydrogens (tertiary/aromatic N) is 3. The molecule has 158 valence electrons. The lowest BCUT2D eigenvalue weighted by atomic mass is 10.1. The first kappa shape index (κ1) is 20.8. The molecule has 0 unspecified atom stereocenters. The summed E-state index contributed by atoms with van der Waals surface area (Å²) in [5.41, 5.74) is 2.01. The van der Waals surface area contributed by atoms with Crippen LogP contribution in [0.15, 0.2) is 64.4 Å². The molecule has 0 aliphatic carbocycles. The highest BCUT2D eigenvalue weighted by molar-refractivity contribution is 7.91. The number of aromatic nitrogens is 2. The Morgan fingerprint density at radius 2 is 1.90 bits per heavy atom. The van der Waals surface area contributed by atoms with Gasteiger partial charge < -0.3 is 4.90 Å². The van der Waals surface area contributed by atoms with E-state index in [9.17, 15) is 13.2 Å². The number of hydrogen-bond acceptors (Lipinski definition) is 5. The van der Waals surface area contributed by atoms with E-state index in [4.69, 9.17) is 0 Å². The zero-order valence-electron chi connectivity index (χ0n) is 16.5. The van der Waals surface area contributed by atoms with Gasteiger partial charge in [-0.05, 0) is 48.4 Å². The fraction of sp³-hybridized carbons (Fsp3) is 0.333. The van der Waals surface area contributed by atoms with E-state index in [0.29, 0.717) is 43.0 Å². The van der Waals surface area contributed by atoms with Crippen LogP contribution in [0.4, 0.5) is 0 Å². The van der Waals surface area contributed by atoms with Crippen molar-refractivity contribution in [3.63, 3.8) is 0 Å². The topological polar surface area (TPSA) is 84.3 Å². The number of likely N-dealkylation sites (tertiary alicyclic amines) is 1. The van der Waals surface area contributed by atoms with Gasteiger partial charge in [0.15, 0.2) is 0 Å². The Kier molecular flexibility index (Phi) is 6.31. The zero-order valence-corrected chi connectivity index (χ0v) is 18.1. The van der Waals surface area contributed by atoms with E-state index >= 15 is 0 Å². The van der Waals surface area contributed by atoms with E-state index in [0.717, 1.165) is 11.3 Å². The summed E-state index contributed by atoms with van der Waals surface area (Å²) in [6, 6.07) is 13.1. The number of hydrogen-bond donors (Lipinski definition) is 1. The van der Waals surface area contributed by atoms with E-state index < -0.39 is 10.0 Å². The molecule has 4 rings (SSSR count). The summed E-state index contributed by atoms with van der Waals surface area (Å²) in [5.74, 6) is 0.0991. The fourth-order valence-electron chi connectivity index (χ4n) is 3.56. The van der Waals surface area contributed by atoms with Crippen LogP contribution in [0.25, 0.3) is 5.69 Å². The van der Waals surface area contributed by atoms with Crippen molar-refractivity contribution < 1.29 is 13.2 Å². The number of carbonyl (C=O) groups excluding carboxylic acids is 1. The predicted octanol–water partition coefficient (Wildman–Crippen LogP) is 2.84. The summed E-state index contributed by atoms with van der Waals surface area (Å²) in [5, 5.41) is 6.12. The minimum Gasteiger partial charge on any atom is -0.343 e. The van der Waals surface area contributed by atoms with E-state index in [1.165, 1.54) is 11.3 Å². The minimum atomic E-state index is -3.47. The molecule has 1 aliphatic heterocycles. The van der Waals surface area contributed by atoms with E-state index in [-0.39, 0.29) is 11.9 Å². The van der Waals surface area contributed by atoms with Gasteiger partial charge in [0, 0.05) is 31.7 Å². The van der Waals surface area contributed by atoms with Crippen LogP contribution in [0, 0.1) is 0 Å². The van der Waals surface area contributed by atoms with Gasteiger partial charge in [0.2, 0.25) is 15.9 Å². The van der Waals surface area contributed by atoms with Gasteiger partial charge in [0.1, 0.15) is 4.21 Å². The number of para-hydroxylation sites is 1. The van der Waals surface area contributed by atoms with Crippen molar-refractivity contribution in [3.8, 4) is 5.69 Å². The highest BCUT2D eigenvalue weighted by Gasteiger charge is 2.27. The molecule has 3 aromatic rings. The summed E-state index contributed by atoms with van der Waals surface area (Å²) in [7, 11) is -3.47. The van der Waals surface area contributed by atoms with Crippen molar-refractivity contribution in [1.29, 1.82) is 0 Å². The highest BCUT2D eigenvalue weighted by Crippen LogP contribution is 2.19. The van der Waals surface area contributed by atoms with Crippen molar-refractivity contribution >= 4 is 27.3 Å². The Labute approximate surface area is 180 Å². The Morgan fingerprint density at radius 3 is 2.60 bits per heavy atom. The predicted molar refractivity (Wildman–Crippen MR) is 116 cm³/mol. The molecule has 3 heterocycles. The standard InChI is InChI=1S/C21H24N4O3S2/c26-20(9-8-17-15-22-25(16-17)19-5-2-1-3-6-19)24-12-10-18(11-13-24)23-30(27,28)21-7-4-14-29-21/h1-7,14-16,18,23H,8-13H2. The van der Waals surface area contributed by atoms with Crippen LogP contribution in [-0.4, -0.2) is 48.1 Å². The lowest BCUT2D eigenvalue weighted by Crippen LogP contribution is -2.46. The highest BCUT2D eigenvalue weighted by atomic mass is 32.2. The molecule has 9 heteroatoms. The minimum absolute atomic E-state index is 0.0991. The molecule has 1 aromatic carbocycles. The molecule has 2 aromatic heterocycles. The Hall–Kier alpha value is -2.49. The lowest BCUT2D eigenvalue weighted by Gasteiger charge is -2.32. The molecule has 7 nitrogen and oxygen atoms in total. The van der Waals surface area contributed by atoms with Crippen LogP contribution in [0.1, 0.15) is 24.8 Å². The smallest absolute Gasteiger partial charge is 0.250 e. The van der Waals surface area contributed by atoms with Crippen LogP contribution in [0.5, 0.6) is 0 Å². The molecule has 30 heavy (non-hydrogen) atoms. The van der Waals surface area contributed by atoms with Crippen LogP contribution in [-0.2, 0) is 21.2 Å². The summed E-state index contributed by atoms with van der Waals surface area (Å²) < 4.78 is 29.6. The number of aryl methyl sites for hydroxylation is 1. The largest absolute Gasteiger partial charge is 0.343 e. The molecular formula is C21H24N4O3S2. The van der Waals surface area contributed by atoms with Gasteiger partial charge in [-0.1, -0.05) is 24.3 Å². The van der Waals surface area contributed by atoms with E-state index in [1.54, 1.807) is 23.7 Å². The van der Waals surface area contributed by atoms with Gasteiger partial charge in [-0.15, -0.1) is 11.3 Å². The van der Waals surface area contributed by atoms with Crippen LogP contribution in [0.3, 0.4) is 0 Å². The maximum Gasteiger partial charge on any atom is 0.250 e. The third kappa shape index (κ3) is 4.97. The number of piperidine rings is 1. The van der Waals surface area contributed by atoms with Crippen molar-refractivity contribution in [2.45, 2.75) is 35.9 Å². The average Bonchev–Trinajstić information content (AvgIpc) is 3.46. The molecule has 0 atom stereocenters. The second-order valence-electron chi connectivity index (χ2n) is 7.34. The molecule has 0 radical (unpaired) electrons. The van der Waals surface area contributed by atoms with Gasteiger partial charge in [0.05, 0.1) is 11.9 Å². The number of carbonyl (C=O) groups is 1. The number of thiophene rings is 1. The van der Waals surface area contributed by atoms with Crippen LogP contribution < -0.4 is 4.72 Å². The molecule has 1 N–H and O–H groups in total. The van der Waals surface area contributed by atoms with Crippen molar-refractivity contribution in [3.05, 3.63) is 65.8 Å². The first-order valence-corrected chi connectivity index (χ1v) is 12.3. The third-order valence-corrected chi connectivity index (χ3v) is 8.13. The quantitative estimate of drug-likeness (QED) is 0.607. The first-order valence-electron chi connectivity index (χ1n) is 9.94. The van der Waals surface area contributed by atoms with Crippen LogP contribution >= 0.6 is 11.3 Å². The number of benzene rings is 1. The summed E-state index contributed by atoms with van der Waals surface area (Å²) in [6.45, 7) is 1.14. The fourth-order valence-corrected chi connectivity index (χ4v) is 5.88. The van der Waals surface area contributed by atoms with Crippen molar-refractivity contribution in [1.82, 2.24) is 19.4 Å². The van der Waals surface area contributed by atoms with Crippen molar-refractivity contribution in [2.75, 3.05) is 13.1 Å². The molecule has 0 spiro atoms. The molecule has 0 bridgehead atoms. The monoisotopic (exact) mass is 444 g/mol. The summed E-state index contributed by atoms with van der Waals surface area (Å²) in [4.78, 5) is 14.4. The number of amides is 1. The molecule has 0 saturated carbocycles. The first-order chi connectivity index (χ1) is 14.5. The molecule has 1 saturated heterocycles. The molecule has 1 amide bonds. The number of nitrogens with one attached hydrogen (secondary N) is 1. The molecular weight excluding hydrogens is 420 g/mol. The van der Waals surface area contributed by atoms with Crippen molar-refractivity contribution in [2.24, 2.45) is 0 Å². The Morgan fingerprint density at radius 1 is 1.13 bits per heavy atom. The summed E-state index contributed by atoms with van der Waals surface area (Å²) >= 11 is 1.21. The lowest BCUT2D eigenvalue weighted by molar-refractivity contribution is -0.132. The van der Waals surface area contributed by atoms with Gasteiger partial charge in [0.25, 0.3) is 0 Å². The van der Waals surface area contributed by atoms with E-state index in [1.807, 2.05) is 46.1 Å². The Bertz CT molecular complexity index is 1070. The maximum atomic E-state index is 12.6. The van der Waals surface area contributed by atoms with Crippen LogP contribution in [0.2, 0.25) is 0 Å². The normalized spacial score (nSPS) is 15.4. The SMILES string of the molecule is O=C(CCc1cnn(-c2ccccc2)c1)N1CCC(NS(=O)(=O)c2cccs2)CC1. The molecule has 1 aliphatic rings. The van der Waals surface area contributed by atoms with Gasteiger partial charge in [-0.2, -0.15) is 5.10 Å². The Balaban J connectivity index is 1.25.